The maximum absolute atomic E-state index is 10.9. The Bertz CT molecular complexity index is 567. The fourth-order valence-electron chi connectivity index (χ4n) is 1.45. The number of aryl methyl sites for hydroxylation is 2. The summed E-state index contributed by atoms with van der Waals surface area (Å²) < 4.78 is 5.19. The van der Waals surface area contributed by atoms with Gasteiger partial charge in [-0.05, 0) is 6.42 Å². The number of thiazole rings is 1. The Hall–Kier alpha value is -2.29. The minimum absolute atomic E-state index is 0.0877. The Morgan fingerprint density at radius 2 is 2.10 bits per heavy atom. The van der Waals surface area contributed by atoms with Crippen LogP contribution in [-0.2, 0) is 28.9 Å². The second-order valence-electron chi connectivity index (χ2n) is 3.99. The summed E-state index contributed by atoms with van der Waals surface area (Å²) in [6, 6.07) is 0. The van der Waals surface area contributed by atoms with Crippen LogP contribution in [0.4, 0.5) is 5.13 Å². The zero-order valence-electron chi connectivity index (χ0n) is 10.6. The third-order valence-corrected chi connectivity index (χ3v) is 3.05. The van der Waals surface area contributed by atoms with Crippen molar-refractivity contribution in [1.82, 2.24) is 15.2 Å². The number of carbonyl (C=O) groups excluding carboxylic acids is 1. The van der Waals surface area contributed by atoms with E-state index in [4.69, 9.17) is 9.52 Å². The normalized spacial score (nSPS) is 10.4. The van der Waals surface area contributed by atoms with Gasteiger partial charge in [-0.3, -0.25) is 9.59 Å². The smallest absolute Gasteiger partial charge is 0.312 e. The van der Waals surface area contributed by atoms with Gasteiger partial charge >= 0.3 is 5.97 Å². The minimum atomic E-state index is -1.01. The first-order valence-electron chi connectivity index (χ1n) is 5.78. The van der Waals surface area contributed by atoms with Crippen LogP contribution in [0.1, 0.15) is 24.4 Å². The quantitative estimate of drug-likeness (QED) is 0.812. The van der Waals surface area contributed by atoms with Gasteiger partial charge in [0, 0.05) is 18.7 Å². The van der Waals surface area contributed by atoms with E-state index in [1.807, 2.05) is 5.38 Å². The van der Waals surface area contributed by atoms with Gasteiger partial charge in [0.05, 0.1) is 5.69 Å². The van der Waals surface area contributed by atoms with Crippen molar-refractivity contribution >= 4 is 28.3 Å². The van der Waals surface area contributed by atoms with Crippen molar-refractivity contribution in [3.63, 3.8) is 0 Å². The van der Waals surface area contributed by atoms with Crippen molar-refractivity contribution in [2.75, 3.05) is 5.32 Å². The maximum atomic E-state index is 10.9. The largest absolute Gasteiger partial charge is 0.481 e. The lowest BCUT2D eigenvalue weighted by Gasteiger charge is -1.94. The number of amides is 1. The number of aromatic nitrogens is 3. The van der Waals surface area contributed by atoms with E-state index >= 15 is 0 Å². The molecule has 0 aliphatic rings. The highest BCUT2D eigenvalue weighted by Crippen LogP contribution is 2.16. The molecule has 106 valence electrons. The van der Waals surface area contributed by atoms with Gasteiger partial charge in [0.1, 0.15) is 6.42 Å². The van der Waals surface area contributed by atoms with Gasteiger partial charge in [-0.1, -0.05) is 0 Å². The van der Waals surface area contributed by atoms with E-state index in [2.05, 4.69) is 20.5 Å². The number of carbonyl (C=O) groups is 2. The molecule has 2 aromatic heterocycles. The number of carboxylic acids is 1. The molecule has 0 bridgehead atoms. The van der Waals surface area contributed by atoms with E-state index in [0.717, 1.165) is 5.69 Å². The topological polar surface area (TPSA) is 118 Å². The van der Waals surface area contributed by atoms with Gasteiger partial charge < -0.3 is 14.8 Å². The summed E-state index contributed by atoms with van der Waals surface area (Å²) in [6.45, 7) is 1.42. The summed E-state index contributed by atoms with van der Waals surface area (Å²) in [5.41, 5.74) is 0.803. The first kappa shape index (κ1) is 14.1. The fourth-order valence-corrected chi connectivity index (χ4v) is 2.25. The molecule has 2 aromatic rings. The molecule has 0 spiro atoms. The molecule has 2 heterocycles. The standard InChI is InChI=1S/C11H12N4O4S/c1-6(16)12-11-13-7(5-20-11)2-3-8-14-15-9(19-8)4-10(17)18/h5H,2-4H2,1H3,(H,17,18)(H,12,13,16). The predicted octanol–water partition coefficient (Wildman–Crippen LogP) is 0.897. The van der Waals surface area contributed by atoms with E-state index in [1.54, 1.807) is 0 Å². The van der Waals surface area contributed by atoms with Crippen LogP contribution >= 0.6 is 11.3 Å². The molecule has 1 amide bonds. The van der Waals surface area contributed by atoms with Crippen LogP contribution < -0.4 is 5.32 Å². The van der Waals surface area contributed by atoms with Crippen LogP contribution in [0.15, 0.2) is 9.80 Å². The Labute approximate surface area is 117 Å². The first-order chi connectivity index (χ1) is 9.52. The second kappa shape index (κ2) is 6.24. The number of anilines is 1. The Kier molecular flexibility index (Phi) is 4.41. The zero-order valence-corrected chi connectivity index (χ0v) is 11.4. The molecule has 0 saturated carbocycles. The molecule has 0 aliphatic heterocycles. The molecule has 0 aromatic carbocycles. The van der Waals surface area contributed by atoms with Gasteiger partial charge in [-0.25, -0.2) is 4.98 Å². The predicted molar refractivity (Wildman–Crippen MR) is 69.5 cm³/mol. The first-order valence-corrected chi connectivity index (χ1v) is 6.66. The molecule has 0 radical (unpaired) electrons. The van der Waals surface area contributed by atoms with Gasteiger partial charge in [0.2, 0.25) is 17.7 Å². The lowest BCUT2D eigenvalue weighted by atomic mass is 10.2. The van der Waals surface area contributed by atoms with E-state index in [1.165, 1.54) is 18.3 Å². The average molecular weight is 296 g/mol. The number of carboxylic acid groups (broad SMARTS) is 1. The summed E-state index contributed by atoms with van der Waals surface area (Å²) >= 11 is 1.34. The third-order valence-electron chi connectivity index (χ3n) is 2.24. The van der Waals surface area contributed by atoms with Crippen molar-refractivity contribution < 1.29 is 19.1 Å². The molecule has 2 N–H and O–H groups in total. The van der Waals surface area contributed by atoms with Crippen molar-refractivity contribution in [3.8, 4) is 0 Å². The molecule has 9 heteroatoms. The molecular weight excluding hydrogens is 284 g/mol. The highest BCUT2D eigenvalue weighted by atomic mass is 32.1. The SMILES string of the molecule is CC(=O)Nc1nc(CCc2nnc(CC(=O)O)o2)cs1. The highest BCUT2D eigenvalue weighted by molar-refractivity contribution is 7.13. The molecule has 0 atom stereocenters. The summed E-state index contributed by atoms with van der Waals surface area (Å²) in [4.78, 5) is 25.6. The summed E-state index contributed by atoms with van der Waals surface area (Å²) in [6.07, 6.45) is 0.761. The number of nitrogens with zero attached hydrogens (tertiary/aromatic N) is 3. The maximum Gasteiger partial charge on any atom is 0.312 e. The van der Waals surface area contributed by atoms with Crippen LogP contribution in [0.5, 0.6) is 0 Å². The number of nitrogens with one attached hydrogen (secondary N) is 1. The van der Waals surface area contributed by atoms with Gasteiger partial charge in [-0.15, -0.1) is 21.5 Å². The van der Waals surface area contributed by atoms with E-state index in [9.17, 15) is 9.59 Å². The fraction of sp³-hybridized carbons (Fsp3) is 0.364. The molecule has 8 nitrogen and oxygen atoms in total. The number of hydrogen-bond acceptors (Lipinski definition) is 7. The Morgan fingerprint density at radius 1 is 1.35 bits per heavy atom. The van der Waals surface area contributed by atoms with Crippen LogP contribution in [-0.4, -0.2) is 32.2 Å². The van der Waals surface area contributed by atoms with Crippen LogP contribution in [0.25, 0.3) is 0 Å². The lowest BCUT2D eigenvalue weighted by Crippen LogP contribution is -2.05. The second-order valence-corrected chi connectivity index (χ2v) is 4.84. The van der Waals surface area contributed by atoms with E-state index in [-0.39, 0.29) is 18.2 Å². The molecule has 2 rings (SSSR count). The lowest BCUT2D eigenvalue weighted by molar-refractivity contribution is -0.136. The van der Waals surface area contributed by atoms with E-state index < -0.39 is 5.97 Å². The zero-order chi connectivity index (χ0) is 14.5. The Balaban J connectivity index is 1.88. The molecule has 0 fully saturated rings. The number of aliphatic carboxylic acids is 1. The molecule has 0 aliphatic carbocycles. The highest BCUT2D eigenvalue weighted by Gasteiger charge is 2.11. The van der Waals surface area contributed by atoms with Gasteiger partial charge in [0.15, 0.2) is 5.13 Å². The number of rotatable bonds is 6. The van der Waals surface area contributed by atoms with Crippen LogP contribution in [0.2, 0.25) is 0 Å². The molecular formula is C11H12N4O4S. The average Bonchev–Trinajstić information content (AvgIpc) is 2.94. The van der Waals surface area contributed by atoms with Crippen molar-refractivity contribution in [2.24, 2.45) is 0 Å². The third kappa shape index (κ3) is 4.12. The van der Waals surface area contributed by atoms with Crippen LogP contribution in [0, 0.1) is 0 Å². The molecule has 0 saturated heterocycles. The summed E-state index contributed by atoms with van der Waals surface area (Å²) in [5, 5.41) is 21.0. The van der Waals surface area contributed by atoms with Gasteiger partial charge in [0.25, 0.3) is 0 Å². The minimum Gasteiger partial charge on any atom is -0.481 e. The molecule has 20 heavy (non-hydrogen) atoms. The summed E-state index contributed by atoms with van der Waals surface area (Å²) in [5.74, 6) is -0.721. The van der Waals surface area contributed by atoms with Crippen LogP contribution in [0.3, 0.4) is 0 Å². The van der Waals surface area contributed by atoms with Crippen molar-refractivity contribution in [2.45, 2.75) is 26.2 Å². The number of hydrogen-bond donors (Lipinski definition) is 2. The molecule has 0 unspecified atom stereocenters. The Morgan fingerprint density at radius 3 is 2.80 bits per heavy atom. The summed E-state index contributed by atoms with van der Waals surface area (Å²) in [7, 11) is 0. The van der Waals surface area contributed by atoms with Crippen molar-refractivity contribution in [3.05, 3.63) is 22.9 Å². The van der Waals surface area contributed by atoms with Gasteiger partial charge in [-0.2, -0.15) is 0 Å². The van der Waals surface area contributed by atoms with E-state index in [0.29, 0.717) is 23.9 Å². The van der Waals surface area contributed by atoms with Crippen molar-refractivity contribution in [1.29, 1.82) is 0 Å². The monoisotopic (exact) mass is 296 g/mol.